The number of Topliss-reactive ketones (excluding diaryl/α,β-unsaturated/α-hetero) is 1. The van der Waals surface area contributed by atoms with Gasteiger partial charge in [-0.3, -0.25) is 9.59 Å². The molecule has 0 aliphatic carbocycles. The fourth-order valence-corrected chi connectivity index (χ4v) is 4.71. The minimum absolute atomic E-state index is 0.108. The molecular formula is C30H40N2O3. The van der Waals surface area contributed by atoms with Crippen molar-refractivity contribution in [1.29, 1.82) is 0 Å². The Hall–Kier alpha value is -2.92. The van der Waals surface area contributed by atoms with Gasteiger partial charge in [0.15, 0.2) is 0 Å². The van der Waals surface area contributed by atoms with E-state index in [9.17, 15) is 14.7 Å². The van der Waals surface area contributed by atoms with Crippen molar-refractivity contribution < 1.29 is 14.7 Å². The van der Waals surface area contributed by atoms with Gasteiger partial charge in [0.05, 0.1) is 11.6 Å². The Morgan fingerprint density at radius 2 is 1.46 bits per heavy atom. The molecule has 0 spiro atoms. The van der Waals surface area contributed by atoms with Crippen LogP contribution in [-0.2, 0) is 16.0 Å². The van der Waals surface area contributed by atoms with Crippen LogP contribution in [0, 0.1) is 0 Å². The number of aryl methyl sites for hydroxylation is 1. The summed E-state index contributed by atoms with van der Waals surface area (Å²) < 4.78 is 0. The number of hydrogen-bond acceptors (Lipinski definition) is 4. The summed E-state index contributed by atoms with van der Waals surface area (Å²) >= 11 is 0. The van der Waals surface area contributed by atoms with Gasteiger partial charge in [-0.2, -0.15) is 0 Å². The van der Waals surface area contributed by atoms with Crippen molar-refractivity contribution >= 4 is 17.4 Å². The normalized spacial score (nSPS) is 17.5. The first-order valence-electron chi connectivity index (χ1n) is 13.2. The summed E-state index contributed by atoms with van der Waals surface area (Å²) in [6.07, 6.45) is 6.34. The molecule has 188 valence electrons. The van der Waals surface area contributed by atoms with Crippen molar-refractivity contribution in [1.82, 2.24) is 9.80 Å². The molecule has 0 unspecified atom stereocenters. The third-order valence-electron chi connectivity index (χ3n) is 6.82. The molecule has 1 atom stereocenters. The average Bonchev–Trinajstić information content (AvgIpc) is 3.15. The van der Waals surface area contributed by atoms with Crippen molar-refractivity contribution in [3.05, 3.63) is 76.9 Å². The molecule has 0 bridgehead atoms. The number of nitrogens with zero attached hydrogens (tertiary/aromatic N) is 2. The molecule has 5 heteroatoms. The number of ketones is 1. The zero-order chi connectivity index (χ0) is 25.2. The zero-order valence-corrected chi connectivity index (χ0v) is 21.5. The quantitative estimate of drug-likeness (QED) is 0.220. The lowest BCUT2D eigenvalue weighted by Crippen LogP contribution is -2.34. The molecule has 1 fully saturated rings. The number of unbranched alkanes of at least 4 members (excludes halogenated alkanes) is 2. The molecule has 1 N–H and O–H groups in total. The van der Waals surface area contributed by atoms with Crippen LogP contribution in [0.1, 0.15) is 75.6 Å². The second kappa shape index (κ2) is 13.2. The minimum atomic E-state index is -0.607. The predicted molar refractivity (Wildman–Crippen MR) is 142 cm³/mol. The van der Waals surface area contributed by atoms with E-state index in [0.717, 1.165) is 63.7 Å². The van der Waals surface area contributed by atoms with Gasteiger partial charge in [0.2, 0.25) is 0 Å². The van der Waals surface area contributed by atoms with Crippen LogP contribution in [0.15, 0.2) is 60.2 Å². The van der Waals surface area contributed by atoms with Crippen LogP contribution in [0.25, 0.3) is 5.76 Å². The van der Waals surface area contributed by atoms with Gasteiger partial charge in [-0.15, -0.1) is 0 Å². The van der Waals surface area contributed by atoms with Gasteiger partial charge in [0.1, 0.15) is 5.76 Å². The Bertz CT molecular complexity index is 990. The van der Waals surface area contributed by atoms with E-state index in [1.54, 1.807) is 17.0 Å². The number of likely N-dealkylation sites (tertiary alicyclic amines) is 1. The van der Waals surface area contributed by atoms with E-state index in [4.69, 9.17) is 0 Å². The molecule has 0 radical (unpaired) electrons. The van der Waals surface area contributed by atoms with Gasteiger partial charge in [0.25, 0.3) is 11.7 Å². The molecule has 3 rings (SSSR count). The molecule has 2 aromatic rings. The van der Waals surface area contributed by atoms with Crippen LogP contribution >= 0.6 is 0 Å². The monoisotopic (exact) mass is 476 g/mol. The lowest BCUT2D eigenvalue weighted by atomic mass is 9.94. The number of carbonyl (C=O) groups excluding carboxylic acids is 2. The second-order valence-corrected chi connectivity index (χ2v) is 9.36. The lowest BCUT2D eigenvalue weighted by Gasteiger charge is -2.27. The summed E-state index contributed by atoms with van der Waals surface area (Å²) in [5.41, 5.74) is 2.77. The van der Waals surface area contributed by atoms with Crippen LogP contribution in [0.2, 0.25) is 0 Å². The van der Waals surface area contributed by atoms with Gasteiger partial charge < -0.3 is 14.9 Å². The molecule has 1 heterocycles. The zero-order valence-electron chi connectivity index (χ0n) is 21.5. The van der Waals surface area contributed by atoms with Crippen molar-refractivity contribution in [2.75, 3.05) is 26.2 Å². The Kier molecular flexibility index (Phi) is 10.1. The number of benzene rings is 2. The average molecular weight is 477 g/mol. The van der Waals surface area contributed by atoms with Crippen LogP contribution in [0.5, 0.6) is 0 Å². The molecule has 1 aliphatic heterocycles. The lowest BCUT2D eigenvalue weighted by molar-refractivity contribution is -0.140. The van der Waals surface area contributed by atoms with Crippen molar-refractivity contribution in [2.45, 2.75) is 65.3 Å². The van der Waals surface area contributed by atoms with Gasteiger partial charge in [-0.05, 0) is 56.4 Å². The van der Waals surface area contributed by atoms with E-state index in [0.29, 0.717) is 12.1 Å². The van der Waals surface area contributed by atoms with Crippen LogP contribution in [0.4, 0.5) is 0 Å². The summed E-state index contributed by atoms with van der Waals surface area (Å²) in [5.74, 6) is -1.24. The van der Waals surface area contributed by atoms with E-state index < -0.39 is 17.7 Å². The first-order valence-corrected chi connectivity index (χ1v) is 13.2. The van der Waals surface area contributed by atoms with Gasteiger partial charge >= 0.3 is 0 Å². The highest BCUT2D eigenvalue weighted by Crippen LogP contribution is 2.39. The summed E-state index contributed by atoms with van der Waals surface area (Å²) in [4.78, 5) is 30.5. The van der Waals surface area contributed by atoms with Gasteiger partial charge in [-0.1, -0.05) is 88.2 Å². The third-order valence-corrected chi connectivity index (χ3v) is 6.82. The summed E-state index contributed by atoms with van der Waals surface area (Å²) in [6.45, 7) is 9.99. The van der Waals surface area contributed by atoms with Crippen LogP contribution in [0.3, 0.4) is 0 Å². The van der Waals surface area contributed by atoms with Crippen LogP contribution < -0.4 is 0 Å². The molecule has 0 aromatic heterocycles. The standard InChI is InChI=1S/C30H40N2O3/c1-4-7-19-31(20-8-5-2)21-12-22-32-27(24-17-15-23(6-3)16-18-24)26(29(34)30(32)35)28(33)25-13-10-9-11-14-25/h9-11,13-18,27,33H,4-8,12,19-22H2,1-3H3/t27-/m0/s1. The number of amides is 1. The fourth-order valence-electron chi connectivity index (χ4n) is 4.71. The first-order chi connectivity index (χ1) is 17.0. The Morgan fingerprint density at radius 1 is 0.857 bits per heavy atom. The maximum atomic E-state index is 13.2. The SMILES string of the molecule is CCCCN(CCCC)CCCN1C(=O)C(=O)C(=C(O)c2ccccc2)[C@@H]1c1ccc(CC)cc1. The maximum Gasteiger partial charge on any atom is 0.295 e. The van der Waals surface area contributed by atoms with E-state index in [2.05, 4.69) is 25.7 Å². The first kappa shape index (κ1) is 26.7. The molecule has 1 aliphatic rings. The predicted octanol–water partition coefficient (Wildman–Crippen LogP) is 5.96. The highest BCUT2D eigenvalue weighted by molar-refractivity contribution is 6.46. The molecular weight excluding hydrogens is 436 g/mol. The number of aliphatic hydroxyl groups excluding tert-OH is 1. The summed E-state index contributed by atoms with van der Waals surface area (Å²) in [7, 11) is 0. The Balaban J connectivity index is 1.89. The Labute approximate surface area is 210 Å². The second-order valence-electron chi connectivity index (χ2n) is 9.36. The molecule has 2 aromatic carbocycles. The minimum Gasteiger partial charge on any atom is -0.507 e. The van der Waals surface area contributed by atoms with Crippen molar-refractivity contribution in [3.8, 4) is 0 Å². The molecule has 0 saturated carbocycles. The highest BCUT2D eigenvalue weighted by atomic mass is 16.3. The number of carbonyl (C=O) groups is 2. The number of hydrogen-bond donors (Lipinski definition) is 1. The van der Waals surface area contributed by atoms with E-state index in [1.165, 1.54) is 5.56 Å². The molecule has 35 heavy (non-hydrogen) atoms. The van der Waals surface area contributed by atoms with Gasteiger partial charge in [-0.25, -0.2) is 0 Å². The van der Waals surface area contributed by atoms with Gasteiger partial charge in [0, 0.05) is 12.1 Å². The number of aliphatic hydroxyl groups is 1. The third kappa shape index (κ3) is 6.61. The van der Waals surface area contributed by atoms with E-state index >= 15 is 0 Å². The fraction of sp³-hybridized carbons (Fsp3) is 0.467. The smallest absolute Gasteiger partial charge is 0.295 e. The topological polar surface area (TPSA) is 60.9 Å². The van der Waals surface area contributed by atoms with Crippen LogP contribution in [-0.4, -0.2) is 52.8 Å². The summed E-state index contributed by atoms with van der Waals surface area (Å²) in [6, 6.07) is 16.5. The van der Waals surface area contributed by atoms with E-state index in [1.807, 2.05) is 42.5 Å². The van der Waals surface area contributed by atoms with Crippen molar-refractivity contribution in [2.24, 2.45) is 0 Å². The van der Waals surface area contributed by atoms with E-state index in [-0.39, 0.29) is 11.3 Å². The number of rotatable bonds is 13. The van der Waals surface area contributed by atoms with Crippen molar-refractivity contribution in [3.63, 3.8) is 0 Å². The molecule has 1 amide bonds. The molecule has 5 nitrogen and oxygen atoms in total. The highest BCUT2D eigenvalue weighted by Gasteiger charge is 2.45. The Morgan fingerprint density at radius 3 is 2.03 bits per heavy atom. The maximum absolute atomic E-state index is 13.2. The summed E-state index contributed by atoms with van der Waals surface area (Å²) in [5, 5.41) is 11.1. The molecule has 1 saturated heterocycles. The largest absolute Gasteiger partial charge is 0.507 e.